The molecule has 2 N–H and O–H groups in total. The number of benzene rings is 2. The van der Waals surface area contributed by atoms with Crippen LogP contribution in [0.5, 0.6) is 0 Å². The van der Waals surface area contributed by atoms with Crippen LogP contribution < -0.4 is 10.6 Å². The van der Waals surface area contributed by atoms with Crippen molar-refractivity contribution in [3.8, 4) is 10.4 Å². The number of carbonyl (C=O) groups is 1. The minimum Gasteiger partial charge on any atom is -0.367 e. The zero-order valence-electron chi connectivity index (χ0n) is 14.9. The second-order valence-electron chi connectivity index (χ2n) is 6.27. The molecule has 28 heavy (non-hydrogen) atoms. The van der Waals surface area contributed by atoms with Crippen LogP contribution in [0.1, 0.15) is 21.6 Å². The highest BCUT2D eigenvalue weighted by atomic mass is 32.1. The molecule has 1 aromatic heterocycles. The fourth-order valence-corrected chi connectivity index (χ4v) is 3.90. The summed E-state index contributed by atoms with van der Waals surface area (Å²) in [5.74, 6) is -2.08. The van der Waals surface area contributed by atoms with Crippen LogP contribution in [0.15, 0.2) is 47.5 Å². The summed E-state index contributed by atoms with van der Waals surface area (Å²) in [7, 11) is 0. The zero-order chi connectivity index (χ0) is 19.7. The van der Waals surface area contributed by atoms with Gasteiger partial charge in [0, 0.05) is 6.54 Å². The molecule has 0 fully saturated rings. The number of hydrogen-bond donors (Lipinski definition) is 2. The number of aryl methyl sites for hydroxylation is 1. The molecule has 0 atom stereocenters. The topological polar surface area (TPSA) is 66.4 Å². The van der Waals surface area contributed by atoms with Crippen molar-refractivity contribution < 1.29 is 13.6 Å². The van der Waals surface area contributed by atoms with Gasteiger partial charge in [-0.1, -0.05) is 47.2 Å². The fraction of sp³-hybridized carbons (Fsp3) is 0.150. The molecule has 2 heterocycles. The van der Waals surface area contributed by atoms with E-state index in [2.05, 4.69) is 20.6 Å². The number of amidine groups is 1. The Hall–Kier alpha value is -3.13. The molecule has 0 aliphatic carbocycles. The first kappa shape index (κ1) is 18.2. The molecule has 0 unspecified atom stereocenters. The highest BCUT2D eigenvalue weighted by Crippen LogP contribution is 2.34. The lowest BCUT2D eigenvalue weighted by atomic mass is 10.1. The third-order valence-corrected chi connectivity index (χ3v) is 5.24. The average Bonchev–Trinajstić information content (AvgIpc) is 3.31. The molecule has 0 spiro atoms. The molecule has 142 valence electrons. The summed E-state index contributed by atoms with van der Waals surface area (Å²) >= 11 is 1.23. The summed E-state index contributed by atoms with van der Waals surface area (Å²) in [6, 6.07) is 11.2. The Kier molecular flexibility index (Phi) is 4.87. The predicted molar refractivity (Wildman–Crippen MR) is 106 cm³/mol. The van der Waals surface area contributed by atoms with Crippen molar-refractivity contribution in [2.75, 3.05) is 18.4 Å². The Morgan fingerprint density at radius 3 is 2.61 bits per heavy atom. The van der Waals surface area contributed by atoms with Crippen LogP contribution in [-0.2, 0) is 0 Å². The van der Waals surface area contributed by atoms with Crippen molar-refractivity contribution in [3.63, 3.8) is 0 Å². The quantitative estimate of drug-likeness (QED) is 0.698. The largest absolute Gasteiger partial charge is 0.367 e. The SMILES string of the molecule is Cc1cccc(-c2sc(NC(=O)c3c(F)cccc3F)nc2C2=NCCN2)c1. The van der Waals surface area contributed by atoms with Gasteiger partial charge in [0.25, 0.3) is 5.91 Å². The molecule has 0 saturated carbocycles. The lowest BCUT2D eigenvalue weighted by Crippen LogP contribution is -2.21. The molecule has 8 heteroatoms. The summed E-state index contributed by atoms with van der Waals surface area (Å²) < 4.78 is 27.8. The standard InChI is InChI=1S/C20H16F2N4OS/c1-11-4-2-5-12(10-11)17-16(18-23-8-9-24-18)25-20(28-17)26-19(27)15-13(21)6-3-7-14(15)22/h2-7,10H,8-9H2,1H3,(H,23,24)(H,25,26,27). The zero-order valence-corrected chi connectivity index (χ0v) is 15.7. The van der Waals surface area contributed by atoms with Crippen molar-refractivity contribution in [1.29, 1.82) is 0 Å². The van der Waals surface area contributed by atoms with Crippen LogP contribution in [0.4, 0.5) is 13.9 Å². The van der Waals surface area contributed by atoms with E-state index in [4.69, 9.17) is 0 Å². The summed E-state index contributed by atoms with van der Waals surface area (Å²) in [4.78, 5) is 22.1. The smallest absolute Gasteiger partial charge is 0.263 e. The Morgan fingerprint density at radius 2 is 1.93 bits per heavy atom. The first-order chi connectivity index (χ1) is 13.5. The number of anilines is 1. The average molecular weight is 398 g/mol. The van der Waals surface area contributed by atoms with Gasteiger partial charge in [0.15, 0.2) is 5.13 Å². The Morgan fingerprint density at radius 1 is 1.18 bits per heavy atom. The van der Waals surface area contributed by atoms with Crippen molar-refractivity contribution in [3.05, 3.63) is 70.9 Å². The van der Waals surface area contributed by atoms with Crippen LogP contribution in [0.3, 0.4) is 0 Å². The summed E-state index contributed by atoms with van der Waals surface area (Å²) in [5, 5.41) is 5.94. The molecule has 2 aromatic carbocycles. The maximum absolute atomic E-state index is 13.9. The Bertz CT molecular complexity index is 1070. The number of aromatic nitrogens is 1. The van der Waals surface area contributed by atoms with Gasteiger partial charge in [0.05, 0.1) is 11.4 Å². The van der Waals surface area contributed by atoms with E-state index < -0.39 is 23.1 Å². The number of carbonyl (C=O) groups excluding carboxylic acids is 1. The second-order valence-corrected chi connectivity index (χ2v) is 7.27. The van der Waals surface area contributed by atoms with Gasteiger partial charge >= 0.3 is 0 Å². The number of nitrogens with one attached hydrogen (secondary N) is 2. The van der Waals surface area contributed by atoms with Crippen LogP contribution >= 0.6 is 11.3 Å². The summed E-state index contributed by atoms with van der Waals surface area (Å²) in [5.41, 5.74) is 1.99. The predicted octanol–water partition coefficient (Wildman–Crippen LogP) is 4.00. The Balaban J connectivity index is 1.72. The van der Waals surface area contributed by atoms with Gasteiger partial charge in [0.1, 0.15) is 28.7 Å². The molecular weight excluding hydrogens is 382 g/mol. The minimum atomic E-state index is -0.921. The highest BCUT2D eigenvalue weighted by molar-refractivity contribution is 7.19. The maximum atomic E-state index is 13.9. The monoisotopic (exact) mass is 398 g/mol. The molecule has 5 nitrogen and oxygen atoms in total. The molecule has 0 saturated heterocycles. The lowest BCUT2D eigenvalue weighted by molar-refractivity contribution is 0.101. The van der Waals surface area contributed by atoms with Gasteiger partial charge in [-0.05, 0) is 24.6 Å². The van der Waals surface area contributed by atoms with Crippen LogP contribution in [0, 0.1) is 18.6 Å². The minimum absolute atomic E-state index is 0.246. The van der Waals surface area contributed by atoms with E-state index in [1.807, 2.05) is 31.2 Å². The number of amides is 1. The highest BCUT2D eigenvalue weighted by Gasteiger charge is 2.23. The summed E-state index contributed by atoms with van der Waals surface area (Å²) in [6.45, 7) is 3.34. The normalized spacial score (nSPS) is 13.2. The number of nitrogens with zero attached hydrogens (tertiary/aromatic N) is 2. The molecule has 1 aliphatic rings. The van der Waals surface area contributed by atoms with Crippen molar-refractivity contribution >= 4 is 28.2 Å². The lowest BCUT2D eigenvalue weighted by Gasteiger charge is -2.04. The van der Waals surface area contributed by atoms with E-state index in [9.17, 15) is 13.6 Å². The summed E-state index contributed by atoms with van der Waals surface area (Å²) in [6.07, 6.45) is 0. The van der Waals surface area contributed by atoms with Crippen molar-refractivity contribution in [1.82, 2.24) is 10.3 Å². The molecule has 0 bridgehead atoms. The van der Waals surface area contributed by atoms with E-state index in [0.29, 0.717) is 24.6 Å². The van der Waals surface area contributed by atoms with Crippen LogP contribution in [0.25, 0.3) is 10.4 Å². The third kappa shape index (κ3) is 3.50. The Labute approximate surface area is 164 Å². The first-order valence-corrected chi connectivity index (χ1v) is 9.46. The number of hydrogen-bond acceptors (Lipinski definition) is 5. The van der Waals surface area contributed by atoms with Gasteiger partial charge in [-0.2, -0.15) is 0 Å². The number of thiazole rings is 1. The van der Waals surface area contributed by atoms with Crippen LogP contribution in [0.2, 0.25) is 0 Å². The molecule has 3 aromatic rings. The number of rotatable bonds is 4. The van der Waals surface area contributed by atoms with E-state index in [1.165, 1.54) is 17.4 Å². The molecular formula is C20H16F2N4OS. The van der Waals surface area contributed by atoms with Gasteiger partial charge < -0.3 is 5.32 Å². The third-order valence-electron chi connectivity index (χ3n) is 4.22. The number of halogens is 2. The first-order valence-electron chi connectivity index (χ1n) is 8.65. The van der Waals surface area contributed by atoms with E-state index in [0.717, 1.165) is 28.1 Å². The van der Waals surface area contributed by atoms with Gasteiger partial charge in [-0.3, -0.25) is 15.1 Å². The van der Waals surface area contributed by atoms with Gasteiger partial charge in [-0.15, -0.1) is 0 Å². The molecule has 4 rings (SSSR count). The van der Waals surface area contributed by atoms with Crippen LogP contribution in [-0.4, -0.2) is 29.8 Å². The van der Waals surface area contributed by atoms with Crippen molar-refractivity contribution in [2.24, 2.45) is 4.99 Å². The molecule has 0 radical (unpaired) electrons. The maximum Gasteiger partial charge on any atom is 0.263 e. The molecule has 1 aliphatic heterocycles. The van der Waals surface area contributed by atoms with E-state index in [-0.39, 0.29) is 5.13 Å². The van der Waals surface area contributed by atoms with Gasteiger partial charge in [-0.25, -0.2) is 13.8 Å². The second kappa shape index (κ2) is 7.47. The molecule has 1 amide bonds. The number of aliphatic imine (C=N–C) groups is 1. The van der Waals surface area contributed by atoms with E-state index >= 15 is 0 Å². The van der Waals surface area contributed by atoms with Crippen molar-refractivity contribution in [2.45, 2.75) is 6.92 Å². The fourth-order valence-electron chi connectivity index (χ4n) is 2.95. The van der Waals surface area contributed by atoms with E-state index in [1.54, 1.807) is 0 Å². The van der Waals surface area contributed by atoms with Gasteiger partial charge in [0.2, 0.25) is 0 Å².